The van der Waals surface area contributed by atoms with Crippen molar-refractivity contribution >= 4 is 11.7 Å². The van der Waals surface area contributed by atoms with E-state index in [-0.39, 0.29) is 5.97 Å². The minimum Gasteiger partial charge on any atom is -0.497 e. The highest BCUT2D eigenvalue weighted by atomic mass is 16.5. The summed E-state index contributed by atoms with van der Waals surface area (Å²) < 4.78 is 15.4. The highest BCUT2D eigenvalue weighted by molar-refractivity contribution is 5.84. The van der Waals surface area contributed by atoms with E-state index in [9.17, 15) is 4.79 Å². The second kappa shape index (κ2) is 7.75. The molecule has 0 amide bonds. The summed E-state index contributed by atoms with van der Waals surface area (Å²) in [6.45, 7) is 4.41. The molecule has 0 radical (unpaired) electrons. The van der Waals surface area contributed by atoms with Crippen LogP contribution in [0.5, 0.6) is 5.75 Å². The first kappa shape index (κ1) is 16.3. The van der Waals surface area contributed by atoms with Crippen LogP contribution in [0.25, 0.3) is 0 Å². The predicted molar refractivity (Wildman–Crippen MR) is 78.1 cm³/mol. The maximum atomic E-state index is 12.2. The van der Waals surface area contributed by atoms with Gasteiger partial charge in [-0.25, -0.2) is 4.79 Å². The Labute approximate surface area is 120 Å². The maximum absolute atomic E-state index is 12.2. The van der Waals surface area contributed by atoms with Gasteiger partial charge in [0.05, 0.1) is 13.7 Å². The van der Waals surface area contributed by atoms with E-state index in [1.54, 1.807) is 21.1 Å². The first-order chi connectivity index (χ1) is 9.55. The van der Waals surface area contributed by atoms with Gasteiger partial charge in [0.25, 0.3) is 0 Å². The summed E-state index contributed by atoms with van der Waals surface area (Å²) in [6.07, 6.45) is 0.513. The average molecular weight is 281 g/mol. The van der Waals surface area contributed by atoms with Crippen LogP contribution in [0.2, 0.25) is 0 Å². The maximum Gasteiger partial charge on any atom is 0.331 e. The lowest BCUT2D eigenvalue weighted by atomic mass is 9.97. The molecular weight excluding hydrogens is 258 g/mol. The first-order valence-electron chi connectivity index (χ1n) is 6.64. The smallest absolute Gasteiger partial charge is 0.331 e. The molecule has 5 nitrogen and oxygen atoms in total. The zero-order chi connectivity index (χ0) is 15.0. The largest absolute Gasteiger partial charge is 0.497 e. The lowest BCUT2D eigenvalue weighted by Gasteiger charge is -2.29. The summed E-state index contributed by atoms with van der Waals surface area (Å²) in [5, 5.41) is 3.21. The van der Waals surface area contributed by atoms with Gasteiger partial charge in [-0.05, 0) is 26.0 Å². The number of hydrogen-bond acceptors (Lipinski definition) is 5. The monoisotopic (exact) mass is 281 g/mol. The molecule has 20 heavy (non-hydrogen) atoms. The van der Waals surface area contributed by atoms with Crippen molar-refractivity contribution in [1.29, 1.82) is 0 Å². The molecule has 1 N–H and O–H groups in total. The molecule has 0 spiro atoms. The van der Waals surface area contributed by atoms with Gasteiger partial charge in [0.2, 0.25) is 0 Å². The number of ether oxygens (including phenoxy) is 3. The van der Waals surface area contributed by atoms with Gasteiger partial charge >= 0.3 is 5.97 Å². The summed E-state index contributed by atoms with van der Waals surface area (Å²) in [7, 11) is 3.21. The minimum atomic E-state index is -0.835. The van der Waals surface area contributed by atoms with Gasteiger partial charge in [-0.1, -0.05) is 6.07 Å². The highest BCUT2D eigenvalue weighted by Gasteiger charge is 2.34. The van der Waals surface area contributed by atoms with Crippen molar-refractivity contribution < 1.29 is 19.0 Å². The van der Waals surface area contributed by atoms with Crippen molar-refractivity contribution in [2.75, 3.05) is 32.8 Å². The van der Waals surface area contributed by atoms with Crippen LogP contribution in [0, 0.1) is 0 Å². The predicted octanol–water partition coefficient (Wildman–Crippen LogP) is 2.47. The highest BCUT2D eigenvalue weighted by Crippen LogP contribution is 2.23. The fourth-order valence-corrected chi connectivity index (χ4v) is 1.83. The molecule has 0 fully saturated rings. The van der Waals surface area contributed by atoms with Crippen molar-refractivity contribution in [2.45, 2.75) is 25.8 Å². The molecule has 112 valence electrons. The van der Waals surface area contributed by atoms with Gasteiger partial charge in [0.1, 0.15) is 11.3 Å². The Hall–Kier alpha value is -1.75. The van der Waals surface area contributed by atoms with Crippen LogP contribution in [0.15, 0.2) is 24.3 Å². The number of esters is 1. The fourth-order valence-electron chi connectivity index (χ4n) is 1.83. The van der Waals surface area contributed by atoms with Gasteiger partial charge in [0, 0.05) is 31.9 Å². The molecular formula is C15H23NO4. The van der Waals surface area contributed by atoms with E-state index in [1.165, 1.54) is 0 Å². The van der Waals surface area contributed by atoms with Gasteiger partial charge in [-0.15, -0.1) is 0 Å². The average Bonchev–Trinajstić information content (AvgIpc) is 2.45. The summed E-state index contributed by atoms with van der Waals surface area (Å²) in [5.41, 5.74) is -0.0331. The second-order valence-corrected chi connectivity index (χ2v) is 4.65. The summed E-state index contributed by atoms with van der Waals surface area (Å²) in [4.78, 5) is 12.2. The van der Waals surface area contributed by atoms with Crippen molar-refractivity contribution in [1.82, 2.24) is 0 Å². The summed E-state index contributed by atoms with van der Waals surface area (Å²) in [5.74, 6) is 0.438. The van der Waals surface area contributed by atoms with E-state index in [1.807, 2.05) is 31.2 Å². The van der Waals surface area contributed by atoms with Crippen molar-refractivity contribution in [3.8, 4) is 5.75 Å². The van der Waals surface area contributed by atoms with E-state index in [0.29, 0.717) is 19.6 Å². The van der Waals surface area contributed by atoms with Crippen LogP contribution < -0.4 is 10.1 Å². The van der Waals surface area contributed by atoms with E-state index >= 15 is 0 Å². The third kappa shape index (κ3) is 4.42. The Morgan fingerprint density at radius 1 is 1.35 bits per heavy atom. The molecule has 1 unspecified atom stereocenters. The number of hydrogen-bond donors (Lipinski definition) is 1. The van der Waals surface area contributed by atoms with Gasteiger partial charge in [0.15, 0.2) is 0 Å². The van der Waals surface area contributed by atoms with Crippen molar-refractivity contribution in [3.05, 3.63) is 24.3 Å². The van der Waals surface area contributed by atoms with Gasteiger partial charge in [-0.2, -0.15) is 0 Å². The van der Waals surface area contributed by atoms with E-state index in [2.05, 4.69) is 5.32 Å². The fraction of sp³-hybridized carbons (Fsp3) is 0.533. The first-order valence-corrected chi connectivity index (χ1v) is 6.64. The zero-order valence-electron chi connectivity index (χ0n) is 12.6. The molecule has 0 heterocycles. The topological polar surface area (TPSA) is 56.8 Å². The van der Waals surface area contributed by atoms with Crippen molar-refractivity contribution in [2.24, 2.45) is 0 Å². The van der Waals surface area contributed by atoms with E-state index < -0.39 is 5.54 Å². The van der Waals surface area contributed by atoms with Gasteiger partial charge in [-0.3, -0.25) is 0 Å². The number of benzene rings is 1. The molecule has 0 aliphatic rings. The number of rotatable bonds is 8. The molecule has 0 aliphatic heterocycles. The number of carbonyl (C=O) groups excluding carboxylic acids is 1. The SMILES string of the molecule is CCOC(=O)C(C)(CCOC)Nc1cccc(OC)c1. The van der Waals surface area contributed by atoms with Crippen LogP contribution in [0.1, 0.15) is 20.3 Å². The standard InChI is InChI=1S/C15H23NO4/c1-5-20-14(17)15(2,9-10-18-3)16-12-7-6-8-13(11-12)19-4/h6-8,11,16H,5,9-10H2,1-4H3. The Bertz CT molecular complexity index is 436. The second-order valence-electron chi connectivity index (χ2n) is 4.65. The molecule has 1 atom stereocenters. The summed E-state index contributed by atoms with van der Waals surface area (Å²) >= 11 is 0. The van der Waals surface area contributed by atoms with Crippen LogP contribution in [0.4, 0.5) is 5.69 Å². The normalized spacial score (nSPS) is 13.4. The third-order valence-electron chi connectivity index (χ3n) is 3.02. The number of methoxy groups -OCH3 is 2. The number of carbonyl (C=O) groups is 1. The number of anilines is 1. The molecule has 1 rings (SSSR count). The molecule has 1 aromatic rings. The number of nitrogens with one attached hydrogen (secondary N) is 1. The molecule has 0 saturated heterocycles. The quantitative estimate of drug-likeness (QED) is 0.742. The minimum absolute atomic E-state index is 0.292. The van der Waals surface area contributed by atoms with Crippen LogP contribution in [-0.2, 0) is 14.3 Å². The Morgan fingerprint density at radius 3 is 2.70 bits per heavy atom. The lowest BCUT2D eigenvalue weighted by molar-refractivity contribution is -0.148. The molecule has 0 aromatic heterocycles. The molecule has 5 heteroatoms. The van der Waals surface area contributed by atoms with Crippen LogP contribution in [-0.4, -0.2) is 38.9 Å². The molecule has 0 bridgehead atoms. The van der Waals surface area contributed by atoms with Crippen LogP contribution >= 0.6 is 0 Å². The Morgan fingerprint density at radius 2 is 2.10 bits per heavy atom. The Kier molecular flexibility index (Phi) is 6.31. The van der Waals surface area contributed by atoms with Crippen molar-refractivity contribution in [3.63, 3.8) is 0 Å². The third-order valence-corrected chi connectivity index (χ3v) is 3.02. The zero-order valence-corrected chi connectivity index (χ0v) is 12.6. The van der Waals surface area contributed by atoms with Gasteiger partial charge < -0.3 is 19.5 Å². The Balaban J connectivity index is 2.89. The molecule has 0 aliphatic carbocycles. The van der Waals surface area contributed by atoms with Crippen LogP contribution in [0.3, 0.4) is 0 Å². The summed E-state index contributed by atoms with van der Waals surface area (Å²) in [6, 6.07) is 7.43. The van der Waals surface area contributed by atoms with E-state index in [4.69, 9.17) is 14.2 Å². The molecule has 0 saturated carbocycles. The molecule has 1 aromatic carbocycles. The lowest BCUT2D eigenvalue weighted by Crippen LogP contribution is -2.45. The van der Waals surface area contributed by atoms with E-state index in [0.717, 1.165) is 11.4 Å².